The van der Waals surface area contributed by atoms with Gasteiger partial charge in [-0.25, -0.2) is 9.37 Å². The number of carbonyl (C=O) groups excluding carboxylic acids is 1. The fraction of sp³-hybridized carbons (Fsp3) is 0.0769. The van der Waals surface area contributed by atoms with E-state index in [0.29, 0.717) is 11.3 Å². The van der Waals surface area contributed by atoms with E-state index in [1.807, 2.05) is 0 Å². The SMILES string of the molecule is Cc1cc(F)ccc1NC(=O)c1cnc(N)c(Cl)c1. The van der Waals surface area contributed by atoms with Crippen LogP contribution in [0, 0.1) is 12.7 Å². The number of amides is 1. The average molecular weight is 280 g/mol. The van der Waals surface area contributed by atoms with Gasteiger partial charge in [0.1, 0.15) is 11.6 Å². The second kappa shape index (κ2) is 5.24. The molecule has 1 aromatic heterocycles. The van der Waals surface area contributed by atoms with Crippen molar-refractivity contribution in [2.24, 2.45) is 0 Å². The largest absolute Gasteiger partial charge is 0.382 e. The summed E-state index contributed by atoms with van der Waals surface area (Å²) in [6.45, 7) is 1.70. The Balaban J connectivity index is 2.23. The Bertz CT molecular complexity index is 646. The Morgan fingerprint density at radius 1 is 1.42 bits per heavy atom. The zero-order valence-corrected chi connectivity index (χ0v) is 10.8. The van der Waals surface area contributed by atoms with E-state index in [1.54, 1.807) is 6.92 Å². The molecule has 1 aromatic carbocycles. The molecule has 2 rings (SSSR count). The zero-order chi connectivity index (χ0) is 14.0. The first-order valence-electron chi connectivity index (χ1n) is 5.46. The highest BCUT2D eigenvalue weighted by Gasteiger charge is 2.10. The minimum Gasteiger partial charge on any atom is -0.382 e. The van der Waals surface area contributed by atoms with Crippen molar-refractivity contribution in [3.8, 4) is 0 Å². The summed E-state index contributed by atoms with van der Waals surface area (Å²) in [7, 11) is 0. The highest BCUT2D eigenvalue weighted by molar-refractivity contribution is 6.33. The second-order valence-corrected chi connectivity index (χ2v) is 4.41. The normalized spacial score (nSPS) is 10.3. The summed E-state index contributed by atoms with van der Waals surface area (Å²) in [5.41, 5.74) is 6.90. The van der Waals surface area contributed by atoms with E-state index in [4.69, 9.17) is 17.3 Å². The van der Waals surface area contributed by atoms with E-state index in [1.165, 1.54) is 30.5 Å². The Kier molecular flexibility index (Phi) is 3.66. The lowest BCUT2D eigenvalue weighted by atomic mass is 10.2. The molecule has 4 nitrogen and oxygen atoms in total. The molecular weight excluding hydrogens is 269 g/mol. The molecule has 98 valence electrons. The van der Waals surface area contributed by atoms with Gasteiger partial charge >= 0.3 is 0 Å². The summed E-state index contributed by atoms with van der Waals surface area (Å²) in [4.78, 5) is 15.8. The third-order valence-electron chi connectivity index (χ3n) is 2.57. The summed E-state index contributed by atoms with van der Waals surface area (Å²) in [5, 5.41) is 2.87. The molecular formula is C13H11ClFN3O. The van der Waals surface area contributed by atoms with Crippen molar-refractivity contribution in [1.82, 2.24) is 4.98 Å². The van der Waals surface area contributed by atoms with E-state index < -0.39 is 0 Å². The van der Waals surface area contributed by atoms with Crippen molar-refractivity contribution in [2.45, 2.75) is 6.92 Å². The first kappa shape index (κ1) is 13.3. The number of hydrogen-bond acceptors (Lipinski definition) is 3. The van der Waals surface area contributed by atoms with Gasteiger partial charge in [0.05, 0.1) is 10.6 Å². The van der Waals surface area contributed by atoms with Crippen LogP contribution in [0.1, 0.15) is 15.9 Å². The lowest BCUT2D eigenvalue weighted by Gasteiger charge is -2.08. The molecule has 0 atom stereocenters. The summed E-state index contributed by atoms with van der Waals surface area (Å²) in [5.74, 6) is -0.576. The van der Waals surface area contributed by atoms with Crippen LogP contribution in [0.4, 0.5) is 15.9 Å². The fourth-order valence-electron chi connectivity index (χ4n) is 1.53. The molecule has 6 heteroatoms. The number of aromatic nitrogens is 1. The molecule has 0 fully saturated rings. The van der Waals surface area contributed by atoms with E-state index in [9.17, 15) is 9.18 Å². The van der Waals surface area contributed by atoms with Gasteiger partial charge in [0, 0.05) is 11.9 Å². The van der Waals surface area contributed by atoms with Gasteiger partial charge in [-0.3, -0.25) is 4.79 Å². The van der Waals surface area contributed by atoms with Crippen molar-refractivity contribution in [3.05, 3.63) is 52.4 Å². The molecule has 0 unspecified atom stereocenters. The number of benzene rings is 1. The summed E-state index contributed by atoms with van der Waals surface area (Å²) in [6.07, 6.45) is 1.33. The number of anilines is 2. The fourth-order valence-corrected chi connectivity index (χ4v) is 1.70. The number of halogens is 2. The highest BCUT2D eigenvalue weighted by Crippen LogP contribution is 2.19. The van der Waals surface area contributed by atoms with Crippen LogP contribution in [-0.2, 0) is 0 Å². The number of nitrogens with one attached hydrogen (secondary N) is 1. The molecule has 1 amide bonds. The number of nitrogens with two attached hydrogens (primary N) is 1. The van der Waals surface area contributed by atoms with Crippen LogP contribution in [-0.4, -0.2) is 10.9 Å². The zero-order valence-electron chi connectivity index (χ0n) is 10.1. The predicted molar refractivity (Wildman–Crippen MR) is 72.7 cm³/mol. The molecule has 0 spiro atoms. The number of carbonyl (C=O) groups is 1. The van der Waals surface area contributed by atoms with Gasteiger partial charge in [0.15, 0.2) is 0 Å². The lowest BCUT2D eigenvalue weighted by Crippen LogP contribution is -2.13. The monoisotopic (exact) mass is 279 g/mol. The van der Waals surface area contributed by atoms with Crippen LogP contribution in [0.15, 0.2) is 30.5 Å². The molecule has 1 heterocycles. The van der Waals surface area contributed by atoms with Gasteiger partial charge in [-0.2, -0.15) is 0 Å². The number of pyridine rings is 1. The Labute approximate surface area is 114 Å². The first-order valence-corrected chi connectivity index (χ1v) is 5.83. The Morgan fingerprint density at radius 3 is 2.79 bits per heavy atom. The minimum atomic E-state index is -0.385. The molecule has 19 heavy (non-hydrogen) atoms. The van der Waals surface area contributed by atoms with Crippen LogP contribution >= 0.6 is 11.6 Å². The van der Waals surface area contributed by atoms with Crippen molar-refractivity contribution < 1.29 is 9.18 Å². The summed E-state index contributed by atoms with van der Waals surface area (Å²) >= 11 is 5.80. The molecule has 2 aromatic rings. The molecule has 3 N–H and O–H groups in total. The molecule has 0 radical (unpaired) electrons. The first-order chi connectivity index (χ1) is 8.97. The molecule has 0 aliphatic rings. The maximum atomic E-state index is 13.0. The third kappa shape index (κ3) is 3.00. The average Bonchev–Trinajstić information content (AvgIpc) is 2.36. The number of rotatable bonds is 2. The third-order valence-corrected chi connectivity index (χ3v) is 2.87. The predicted octanol–water partition coefficient (Wildman–Crippen LogP) is 3.02. The van der Waals surface area contributed by atoms with Gasteiger partial charge in [-0.05, 0) is 36.8 Å². The van der Waals surface area contributed by atoms with Crippen molar-refractivity contribution in [3.63, 3.8) is 0 Å². The van der Waals surface area contributed by atoms with E-state index in [0.717, 1.165) is 0 Å². The number of hydrogen-bond donors (Lipinski definition) is 2. The van der Waals surface area contributed by atoms with Gasteiger partial charge in [-0.1, -0.05) is 11.6 Å². The van der Waals surface area contributed by atoms with Crippen molar-refractivity contribution in [1.29, 1.82) is 0 Å². The van der Waals surface area contributed by atoms with Crippen molar-refractivity contribution >= 4 is 29.0 Å². The van der Waals surface area contributed by atoms with Gasteiger partial charge < -0.3 is 11.1 Å². The molecule has 0 aliphatic carbocycles. The van der Waals surface area contributed by atoms with Crippen molar-refractivity contribution in [2.75, 3.05) is 11.1 Å². The molecule has 0 aliphatic heterocycles. The van der Waals surface area contributed by atoms with Gasteiger partial charge in [-0.15, -0.1) is 0 Å². The van der Waals surface area contributed by atoms with Crippen LogP contribution in [0.25, 0.3) is 0 Å². The molecule has 0 bridgehead atoms. The van der Waals surface area contributed by atoms with Gasteiger partial charge in [0.2, 0.25) is 0 Å². The number of nitrogens with zero attached hydrogens (tertiary/aromatic N) is 1. The van der Waals surface area contributed by atoms with E-state index >= 15 is 0 Å². The Hall–Kier alpha value is -2.14. The van der Waals surface area contributed by atoms with Crippen LogP contribution in [0.3, 0.4) is 0 Å². The quantitative estimate of drug-likeness (QED) is 0.888. The standard InChI is InChI=1S/C13H11ClFN3O/c1-7-4-9(15)2-3-11(7)18-13(19)8-5-10(14)12(16)17-6-8/h2-6H,1H3,(H2,16,17)(H,18,19). The maximum absolute atomic E-state index is 13.0. The molecule has 0 saturated heterocycles. The van der Waals surface area contributed by atoms with Gasteiger partial charge in [0.25, 0.3) is 5.91 Å². The topological polar surface area (TPSA) is 68.0 Å². The van der Waals surface area contributed by atoms with E-state index in [2.05, 4.69) is 10.3 Å². The lowest BCUT2D eigenvalue weighted by molar-refractivity contribution is 0.102. The minimum absolute atomic E-state index is 0.163. The van der Waals surface area contributed by atoms with Crippen LogP contribution < -0.4 is 11.1 Å². The smallest absolute Gasteiger partial charge is 0.257 e. The van der Waals surface area contributed by atoms with Crippen LogP contribution in [0.5, 0.6) is 0 Å². The maximum Gasteiger partial charge on any atom is 0.257 e. The van der Waals surface area contributed by atoms with E-state index in [-0.39, 0.29) is 28.1 Å². The molecule has 0 saturated carbocycles. The summed E-state index contributed by atoms with van der Waals surface area (Å²) < 4.78 is 13.0. The second-order valence-electron chi connectivity index (χ2n) is 4.00. The van der Waals surface area contributed by atoms with Crippen LogP contribution in [0.2, 0.25) is 5.02 Å². The number of nitrogen functional groups attached to an aromatic ring is 1. The summed E-state index contributed by atoms with van der Waals surface area (Å²) in [6, 6.07) is 5.54. The Morgan fingerprint density at radius 2 is 2.16 bits per heavy atom. The highest BCUT2D eigenvalue weighted by atomic mass is 35.5. The number of aryl methyl sites for hydroxylation is 1.